The minimum absolute atomic E-state index is 0.414. The quantitative estimate of drug-likeness (QED) is 0.482. The fourth-order valence-electron chi connectivity index (χ4n) is 3.97. The van der Waals surface area contributed by atoms with Crippen LogP contribution in [0, 0.1) is 0 Å². The zero-order chi connectivity index (χ0) is 22.2. The van der Waals surface area contributed by atoms with Crippen molar-refractivity contribution in [3.63, 3.8) is 0 Å². The SMILES string of the molecule is CCCNc1ccc(C2=c3cc4c(cc3OC2=O)=C(c2ccc(OC)cc2)C(=O)O4)cc1. The van der Waals surface area contributed by atoms with E-state index in [0.717, 1.165) is 24.2 Å². The van der Waals surface area contributed by atoms with Crippen molar-refractivity contribution in [2.24, 2.45) is 0 Å². The average molecular weight is 427 g/mol. The summed E-state index contributed by atoms with van der Waals surface area (Å²) in [6.07, 6.45) is 1.03. The van der Waals surface area contributed by atoms with Crippen molar-refractivity contribution < 1.29 is 23.8 Å². The third-order valence-corrected chi connectivity index (χ3v) is 5.57. The lowest BCUT2D eigenvalue weighted by Gasteiger charge is -2.06. The van der Waals surface area contributed by atoms with E-state index in [1.54, 1.807) is 43.5 Å². The molecule has 0 spiro atoms. The van der Waals surface area contributed by atoms with Crippen LogP contribution in [0.15, 0.2) is 60.7 Å². The molecule has 0 aliphatic carbocycles. The molecule has 0 atom stereocenters. The summed E-state index contributed by atoms with van der Waals surface area (Å²) >= 11 is 0. The first-order chi connectivity index (χ1) is 15.6. The molecule has 2 aliphatic rings. The number of methoxy groups -OCH3 is 1. The Hall–Kier alpha value is -4.06. The molecule has 5 rings (SSSR count). The van der Waals surface area contributed by atoms with E-state index in [4.69, 9.17) is 14.2 Å². The van der Waals surface area contributed by atoms with Crippen LogP contribution >= 0.6 is 0 Å². The Morgan fingerprint density at radius 1 is 0.781 bits per heavy atom. The van der Waals surface area contributed by atoms with Gasteiger partial charge in [0, 0.05) is 22.7 Å². The second kappa shape index (κ2) is 7.89. The monoisotopic (exact) mass is 427 g/mol. The van der Waals surface area contributed by atoms with Crippen molar-refractivity contribution in [2.75, 3.05) is 19.0 Å². The van der Waals surface area contributed by atoms with Gasteiger partial charge in [0.1, 0.15) is 17.2 Å². The van der Waals surface area contributed by atoms with Gasteiger partial charge in [-0.05, 0) is 53.9 Å². The first-order valence-corrected chi connectivity index (χ1v) is 10.4. The predicted molar refractivity (Wildman–Crippen MR) is 120 cm³/mol. The van der Waals surface area contributed by atoms with Crippen LogP contribution in [0.1, 0.15) is 24.5 Å². The molecule has 3 aromatic rings. The lowest BCUT2D eigenvalue weighted by molar-refractivity contribution is -0.128. The summed E-state index contributed by atoms with van der Waals surface area (Å²) in [6.45, 7) is 2.98. The molecule has 6 nitrogen and oxygen atoms in total. The number of carbonyl (C=O) groups excluding carboxylic acids is 2. The van der Waals surface area contributed by atoms with Gasteiger partial charge in [-0.15, -0.1) is 0 Å². The summed E-state index contributed by atoms with van der Waals surface area (Å²) in [5.41, 5.74) is 3.34. The van der Waals surface area contributed by atoms with E-state index in [-0.39, 0.29) is 0 Å². The first kappa shape index (κ1) is 19.9. The first-order valence-electron chi connectivity index (χ1n) is 10.4. The average Bonchev–Trinajstić information content (AvgIpc) is 3.30. The van der Waals surface area contributed by atoms with Gasteiger partial charge in [-0.25, -0.2) is 9.59 Å². The Bertz CT molecular complexity index is 1360. The van der Waals surface area contributed by atoms with Crippen molar-refractivity contribution in [3.8, 4) is 17.2 Å². The van der Waals surface area contributed by atoms with Crippen LogP contribution in [0.25, 0.3) is 11.1 Å². The van der Waals surface area contributed by atoms with E-state index in [1.165, 1.54) is 0 Å². The number of nitrogens with one attached hydrogen (secondary N) is 1. The number of hydrogen-bond donors (Lipinski definition) is 1. The van der Waals surface area contributed by atoms with Crippen molar-refractivity contribution in [2.45, 2.75) is 13.3 Å². The van der Waals surface area contributed by atoms with E-state index < -0.39 is 11.9 Å². The fourth-order valence-corrected chi connectivity index (χ4v) is 3.97. The maximum Gasteiger partial charge on any atom is 0.344 e. The summed E-state index contributed by atoms with van der Waals surface area (Å²) in [7, 11) is 1.59. The molecule has 160 valence electrons. The van der Waals surface area contributed by atoms with Crippen LogP contribution in [0.5, 0.6) is 17.2 Å². The second-order valence-electron chi connectivity index (χ2n) is 7.61. The third kappa shape index (κ3) is 3.30. The Balaban J connectivity index is 1.62. The fraction of sp³-hybridized carbons (Fsp3) is 0.154. The highest BCUT2D eigenvalue weighted by Gasteiger charge is 2.30. The van der Waals surface area contributed by atoms with Crippen LogP contribution in [0.4, 0.5) is 5.69 Å². The molecule has 32 heavy (non-hydrogen) atoms. The molecule has 0 aromatic heterocycles. The van der Waals surface area contributed by atoms with Gasteiger partial charge in [-0.3, -0.25) is 0 Å². The Labute approximate surface area is 184 Å². The maximum absolute atomic E-state index is 12.7. The van der Waals surface area contributed by atoms with E-state index in [1.807, 2.05) is 24.3 Å². The van der Waals surface area contributed by atoms with Gasteiger partial charge in [-0.1, -0.05) is 31.2 Å². The molecule has 0 saturated heterocycles. The van der Waals surface area contributed by atoms with Crippen LogP contribution in [-0.2, 0) is 9.59 Å². The van der Waals surface area contributed by atoms with E-state index in [2.05, 4.69) is 12.2 Å². The molecule has 2 heterocycles. The summed E-state index contributed by atoms with van der Waals surface area (Å²) < 4.78 is 16.3. The number of esters is 2. The lowest BCUT2D eigenvalue weighted by Crippen LogP contribution is -2.11. The number of anilines is 1. The third-order valence-electron chi connectivity index (χ3n) is 5.57. The van der Waals surface area contributed by atoms with Crippen LogP contribution < -0.4 is 30.0 Å². The second-order valence-corrected chi connectivity index (χ2v) is 7.61. The molecular formula is C26H21NO5. The van der Waals surface area contributed by atoms with Gasteiger partial charge in [0.2, 0.25) is 0 Å². The summed E-state index contributed by atoms with van der Waals surface area (Å²) in [6, 6.07) is 18.2. The summed E-state index contributed by atoms with van der Waals surface area (Å²) in [5.74, 6) is 0.667. The van der Waals surface area contributed by atoms with Crippen molar-refractivity contribution in [3.05, 3.63) is 82.2 Å². The Kier molecular flexibility index (Phi) is 4.90. The van der Waals surface area contributed by atoms with Gasteiger partial charge in [0.25, 0.3) is 0 Å². The van der Waals surface area contributed by atoms with Crippen molar-refractivity contribution in [1.29, 1.82) is 0 Å². The van der Waals surface area contributed by atoms with E-state index >= 15 is 0 Å². The number of fused-ring (bicyclic) bond motifs is 2. The molecule has 2 aliphatic heterocycles. The molecule has 6 heteroatoms. The van der Waals surface area contributed by atoms with Gasteiger partial charge >= 0.3 is 11.9 Å². The molecule has 0 saturated carbocycles. The zero-order valence-corrected chi connectivity index (χ0v) is 17.7. The molecule has 0 fully saturated rings. The molecule has 0 radical (unpaired) electrons. The zero-order valence-electron chi connectivity index (χ0n) is 17.7. The number of rotatable bonds is 6. The highest BCUT2D eigenvalue weighted by atomic mass is 16.5. The topological polar surface area (TPSA) is 73.9 Å². The van der Waals surface area contributed by atoms with E-state index in [9.17, 15) is 9.59 Å². The highest BCUT2D eigenvalue weighted by Crippen LogP contribution is 2.28. The highest BCUT2D eigenvalue weighted by molar-refractivity contribution is 6.21. The standard InChI is InChI=1S/C26H21NO5/c1-3-12-27-17-8-4-15(5-9-17)23-19-13-22-20(14-21(19)31-25(23)28)24(26(29)32-22)16-6-10-18(30-2)11-7-16/h4-11,13-14,27H,3,12H2,1-2H3. The Morgan fingerprint density at radius 3 is 1.75 bits per heavy atom. The minimum atomic E-state index is -0.437. The van der Waals surface area contributed by atoms with Gasteiger partial charge in [0.05, 0.1) is 18.3 Å². The van der Waals surface area contributed by atoms with Crippen LogP contribution in [0.2, 0.25) is 0 Å². The van der Waals surface area contributed by atoms with Gasteiger partial charge < -0.3 is 19.5 Å². The number of hydrogen-bond acceptors (Lipinski definition) is 6. The number of carbonyl (C=O) groups is 2. The molecule has 3 aromatic carbocycles. The lowest BCUT2D eigenvalue weighted by atomic mass is 10.0. The van der Waals surface area contributed by atoms with Gasteiger partial charge in [-0.2, -0.15) is 0 Å². The Morgan fingerprint density at radius 2 is 1.28 bits per heavy atom. The van der Waals surface area contributed by atoms with Crippen LogP contribution in [-0.4, -0.2) is 25.6 Å². The number of benzene rings is 3. The molecule has 1 N–H and O–H groups in total. The summed E-state index contributed by atoms with van der Waals surface area (Å²) in [4.78, 5) is 25.3. The van der Waals surface area contributed by atoms with Crippen molar-refractivity contribution >= 4 is 28.8 Å². The molecular weight excluding hydrogens is 406 g/mol. The molecule has 0 amide bonds. The normalized spacial score (nSPS) is 14.1. The number of ether oxygens (including phenoxy) is 3. The largest absolute Gasteiger partial charge is 0.497 e. The van der Waals surface area contributed by atoms with Gasteiger partial charge in [0.15, 0.2) is 0 Å². The molecule has 0 bridgehead atoms. The maximum atomic E-state index is 12.7. The molecule has 0 unspecified atom stereocenters. The minimum Gasteiger partial charge on any atom is -0.497 e. The predicted octanol–water partition coefficient (Wildman–Crippen LogP) is 2.75. The van der Waals surface area contributed by atoms with Crippen LogP contribution in [0.3, 0.4) is 0 Å². The smallest absolute Gasteiger partial charge is 0.344 e. The summed E-state index contributed by atoms with van der Waals surface area (Å²) in [5, 5.41) is 4.54. The van der Waals surface area contributed by atoms with Crippen molar-refractivity contribution in [1.82, 2.24) is 0 Å². The van der Waals surface area contributed by atoms with E-state index in [0.29, 0.717) is 44.4 Å².